The second-order valence-electron chi connectivity index (χ2n) is 4.55. The summed E-state index contributed by atoms with van der Waals surface area (Å²) in [6.45, 7) is 8.08. The summed E-state index contributed by atoms with van der Waals surface area (Å²) >= 11 is 3.52. The number of halogens is 1. The number of anilines is 1. The maximum Gasteiger partial charge on any atom is 0.162 e. The fourth-order valence-corrected chi connectivity index (χ4v) is 2.20. The minimum absolute atomic E-state index is 0.240. The summed E-state index contributed by atoms with van der Waals surface area (Å²) in [5, 5.41) is 4.49. The molecule has 2 N–H and O–H groups in total. The van der Waals surface area contributed by atoms with Crippen LogP contribution in [0.4, 0.5) is 5.82 Å². The molecular formula is C12H16BrN5. The van der Waals surface area contributed by atoms with E-state index in [0.717, 1.165) is 27.2 Å². The standard InChI is InChI=1S/C12H16BrN5/c1-6(2)9-11(14)15-5-16-12(9)18-8(4)10(13)7(3)17-18/h5-6H,1-4H3,(H2,14,15,16). The van der Waals surface area contributed by atoms with Crippen LogP contribution < -0.4 is 5.73 Å². The van der Waals surface area contributed by atoms with Crippen molar-refractivity contribution in [3.8, 4) is 5.82 Å². The van der Waals surface area contributed by atoms with Crippen molar-refractivity contribution in [1.82, 2.24) is 19.7 Å². The molecule has 0 amide bonds. The first-order valence-corrected chi connectivity index (χ1v) is 6.55. The predicted molar refractivity (Wildman–Crippen MR) is 74.8 cm³/mol. The molecule has 2 aromatic rings. The van der Waals surface area contributed by atoms with Crippen molar-refractivity contribution in [2.75, 3.05) is 5.73 Å². The molecule has 96 valence electrons. The van der Waals surface area contributed by atoms with Gasteiger partial charge in [0, 0.05) is 5.56 Å². The van der Waals surface area contributed by atoms with Crippen LogP contribution in [0.1, 0.15) is 36.7 Å². The van der Waals surface area contributed by atoms with Gasteiger partial charge < -0.3 is 5.73 Å². The zero-order valence-electron chi connectivity index (χ0n) is 10.9. The molecule has 0 unspecified atom stereocenters. The van der Waals surface area contributed by atoms with Gasteiger partial charge in [-0.25, -0.2) is 14.6 Å². The van der Waals surface area contributed by atoms with Gasteiger partial charge in [-0.05, 0) is 35.7 Å². The average Bonchev–Trinajstić information content (AvgIpc) is 2.56. The molecular weight excluding hydrogens is 294 g/mol. The average molecular weight is 310 g/mol. The molecule has 0 aliphatic heterocycles. The van der Waals surface area contributed by atoms with Crippen molar-refractivity contribution in [1.29, 1.82) is 0 Å². The molecule has 0 radical (unpaired) electrons. The summed E-state index contributed by atoms with van der Waals surface area (Å²) in [4.78, 5) is 8.39. The molecule has 0 atom stereocenters. The number of hydrogen-bond donors (Lipinski definition) is 1. The molecule has 0 aliphatic rings. The smallest absolute Gasteiger partial charge is 0.162 e. The van der Waals surface area contributed by atoms with Crippen LogP contribution in [0, 0.1) is 13.8 Å². The number of aromatic nitrogens is 4. The number of rotatable bonds is 2. The zero-order chi connectivity index (χ0) is 13.4. The van der Waals surface area contributed by atoms with Gasteiger partial charge in [0.2, 0.25) is 0 Å². The Hall–Kier alpha value is -1.43. The number of nitrogen functional groups attached to an aromatic ring is 1. The Labute approximate surface area is 115 Å². The van der Waals surface area contributed by atoms with Crippen LogP contribution in [0.15, 0.2) is 10.8 Å². The zero-order valence-corrected chi connectivity index (χ0v) is 12.5. The quantitative estimate of drug-likeness (QED) is 0.926. The summed E-state index contributed by atoms with van der Waals surface area (Å²) < 4.78 is 2.81. The monoisotopic (exact) mass is 309 g/mol. The molecule has 0 saturated carbocycles. The summed E-state index contributed by atoms with van der Waals surface area (Å²) in [6.07, 6.45) is 1.47. The van der Waals surface area contributed by atoms with E-state index in [1.165, 1.54) is 6.33 Å². The first-order valence-electron chi connectivity index (χ1n) is 5.76. The number of hydrogen-bond acceptors (Lipinski definition) is 4. The molecule has 2 aromatic heterocycles. The molecule has 0 aromatic carbocycles. The molecule has 5 nitrogen and oxygen atoms in total. The fourth-order valence-electron chi connectivity index (χ4n) is 1.95. The van der Waals surface area contributed by atoms with Crippen LogP contribution >= 0.6 is 15.9 Å². The van der Waals surface area contributed by atoms with E-state index in [9.17, 15) is 0 Å². The maximum absolute atomic E-state index is 5.95. The van der Waals surface area contributed by atoms with E-state index in [1.54, 1.807) is 0 Å². The van der Waals surface area contributed by atoms with Crippen LogP contribution in [0.3, 0.4) is 0 Å². The molecule has 0 bridgehead atoms. The Morgan fingerprint density at radius 1 is 1.28 bits per heavy atom. The van der Waals surface area contributed by atoms with Crippen LogP contribution in [-0.4, -0.2) is 19.7 Å². The minimum Gasteiger partial charge on any atom is -0.383 e. The van der Waals surface area contributed by atoms with Gasteiger partial charge in [-0.15, -0.1) is 0 Å². The van der Waals surface area contributed by atoms with Crippen molar-refractivity contribution in [3.05, 3.63) is 27.8 Å². The summed E-state index contributed by atoms with van der Waals surface area (Å²) in [7, 11) is 0. The lowest BCUT2D eigenvalue weighted by Crippen LogP contribution is -2.11. The SMILES string of the molecule is Cc1nn(-c2ncnc(N)c2C(C)C)c(C)c1Br. The van der Waals surface area contributed by atoms with Crippen molar-refractivity contribution in [2.24, 2.45) is 0 Å². The second kappa shape index (κ2) is 4.68. The Morgan fingerprint density at radius 2 is 1.94 bits per heavy atom. The highest BCUT2D eigenvalue weighted by atomic mass is 79.9. The van der Waals surface area contributed by atoms with Crippen LogP contribution in [-0.2, 0) is 0 Å². The van der Waals surface area contributed by atoms with Gasteiger partial charge in [0.1, 0.15) is 12.1 Å². The van der Waals surface area contributed by atoms with Crippen molar-refractivity contribution < 1.29 is 0 Å². The van der Waals surface area contributed by atoms with Gasteiger partial charge in [-0.2, -0.15) is 5.10 Å². The molecule has 6 heteroatoms. The van der Waals surface area contributed by atoms with Crippen molar-refractivity contribution >= 4 is 21.7 Å². The lowest BCUT2D eigenvalue weighted by molar-refractivity contribution is 0.755. The van der Waals surface area contributed by atoms with Gasteiger partial charge >= 0.3 is 0 Å². The van der Waals surface area contributed by atoms with E-state index in [2.05, 4.69) is 44.8 Å². The normalized spacial score (nSPS) is 11.2. The summed E-state index contributed by atoms with van der Waals surface area (Å²) in [6, 6.07) is 0. The third-order valence-corrected chi connectivity index (χ3v) is 4.02. The molecule has 0 aliphatic carbocycles. The van der Waals surface area contributed by atoms with Gasteiger partial charge in [0.05, 0.1) is 15.9 Å². The maximum atomic E-state index is 5.95. The first-order chi connectivity index (χ1) is 8.43. The molecule has 0 saturated heterocycles. The Kier molecular flexibility index (Phi) is 3.38. The fraction of sp³-hybridized carbons (Fsp3) is 0.417. The predicted octanol–water partition coefficient (Wildman–Crippen LogP) is 2.75. The highest BCUT2D eigenvalue weighted by Gasteiger charge is 2.18. The molecule has 2 heterocycles. The van der Waals surface area contributed by atoms with Gasteiger partial charge in [0.25, 0.3) is 0 Å². The Balaban J connectivity index is 2.71. The van der Waals surface area contributed by atoms with Crippen LogP contribution in [0.2, 0.25) is 0 Å². The topological polar surface area (TPSA) is 69.6 Å². The van der Waals surface area contributed by atoms with E-state index in [0.29, 0.717) is 5.82 Å². The van der Waals surface area contributed by atoms with E-state index < -0.39 is 0 Å². The highest BCUT2D eigenvalue weighted by Crippen LogP contribution is 2.28. The number of nitrogens with two attached hydrogens (primary N) is 1. The molecule has 18 heavy (non-hydrogen) atoms. The number of nitrogens with zero attached hydrogens (tertiary/aromatic N) is 4. The van der Waals surface area contributed by atoms with E-state index in [1.807, 2.05) is 18.5 Å². The van der Waals surface area contributed by atoms with Gasteiger partial charge in [-0.1, -0.05) is 13.8 Å². The van der Waals surface area contributed by atoms with Crippen LogP contribution in [0.5, 0.6) is 0 Å². The molecule has 0 spiro atoms. The second-order valence-corrected chi connectivity index (χ2v) is 5.34. The summed E-state index contributed by atoms with van der Waals surface area (Å²) in [5.74, 6) is 1.51. The van der Waals surface area contributed by atoms with Gasteiger partial charge in [-0.3, -0.25) is 0 Å². The van der Waals surface area contributed by atoms with Crippen LogP contribution in [0.25, 0.3) is 5.82 Å². The van der Waals surface area contributed by atoms with E-state index in [4.69, 9.17) is 5.73 Å². The Morgan fingerprint density at radius 3 is 2.44 bits per heavy atom. The largest absolute Gasteiger partial charge is 0.383 e. The summed E-state index contributed by atoms with van der Waals surface area (Å²) in [5.41, 5.74) is 8.81. The van der Waals surface area contributed by atoms with E-state index in [-0.39, 0.29) is 5.92 Å². The molecule has 0 fully saturated rings. The lowest BCUT2D eigenvalue weighted by Gasteiger charge is -2.14. The first kappa shape index (κ1) is 13.0. The van der Waals surface area contributed by atoms with Crippen molar-refractivity contribution in [2.45, 2.75) is 33.6 Å². The Bertz CT molecular complexity index is 588. The van der Waals surface area contributed by atoms with Crippen molar-refractivity contribution in [3.63, 3.8) is 0 Å². The number of aryl methyl sites for hydroxylation is 1. The lowest BCUT2D eigenvalue weighted by atomic mass is 10.0. The third-order valence-electron chi connectivity index (χ3n) is 2.87. The third kappa shape index (κ3) is 2.01. The van der Waals surface area contributed by atoms with E-state index >= 15 is 0 Å². The highest BCUT2D eigenvalue weighted by molar-refractivity contribution is 9.10. The molecule has 2 rings (SSSR count). The van der Waals surface area contributed by atoms with Gasteiger partial charge in [0.15, 0.2) is 5.82 Å². The minimum atomic E-state index is 0.240.